The van der Waals surface area contributed by atoms with E-state index in [-0.39, 0.29) is 0 Å². The fraction of sp³-hybridized carbons (Fsp3) is 1.00. The predicted molar refractivity (Wildman–Crippen MR) is 124 cm³/mol. The summed E-state index contributed by atoms with van der Waals surface area (Å²) in [5.41, 5.74) is 1.53. The first-order valence-electron chi connectivity index (χ1n) is 12.8. The number of hydrogen-bond donors (Lipinski definition) is 0. The summed E-state index contributed by atoms with van der Waals surface area (Å²) in [5.74, 6) is 0.949. The van der Waals surface area contributed by atoms with Crippen molar-refractivity contribution in [2.75, 3.05) is 39.3 Å². The SMILES string of the molecule is CC(C)(C)C1CCC2(CC1)CN(C1CCCN(C3CCCN(C(C)(C)C)C3)C1)C2. The largest absolute Gasteiger partial charge is 0.298 e. The molecule has 4 aliphatic rings. The molecule has 0 N–H and O–H groups in total. The molecule has 2 atom stereocenters. The van der Waals surface area contributed by atoms with Crippen LogP contribution in [0.5, 0.6) is 0 Å². The van der Waals surface area contributed by atoms with Gasteiger partial charge in [-0.2, -0.15) is 0 Å². The number of hydrogen-bond acceptors (Lipinski definition) is 3. The van der Waals surface area contributed by atoms with Crippen LogP contribution in [0.25, 0.3) is 0 Å². The zero-order valence-corrected chi connectivity index (χ0v) is 20.5. The summed E-state index contributed by atoms with van der Waals surface area (Å²) >= 11 is 0. The Balaban J connectivity index is 1.27. The lowest BCUT2D eigenvalue weighted by molar-refractivity contribution is -0.0899. The van der Waals surface area contributed by atoms with Crippen molar-refractivity contribution in [2.24, 2.45) is 16.7 Å². The van der Waals surface area contributed by atoms with Gasteiger partial charge in [-0.15, -0.1) is 0 Å². The van der Waals surface area contributed by atoms with Crippen LogP contribution < -0.4 is 0 Å². The van der Waals surface area contributed by atoms with Crippen LogP contribution in [0, 0.1) is 16.7 Å². The number of rotatable bonds is 2. The minimum Gasteiger partial charge on any atom is -0.298 e. The zero-order chi connectivity index (χ0) is 20.9. The van der Waals surface area contributed by atoms with Gasteiger partial charge in [0.25, 0.3) is 0 Å². The van der Waals surface area contributed by atoms with E-state index >= 15 is 0 Å². The van der Waals surface area contributed by atoms with E-state index in [0.717, 1.165) is 18.0 Å². The molecule has 0 bridgehead atoms. The molecule has 3 heterocycles. The molecule has 3 saturated heterocycles. The molecule has 3 nitrogen and oxygen atoms in total. The molecule has 29 heavy (non-hydrogen) atoms. The van der Waals surface area contributed by atoms with E-state index in [1.54, 1.807) is 0 Å². The van der Waals surface area contributed by atoms with E-state index in [9.17, 15) is 0 Å². The normalized spacial score (nSPS) is 33.7. The Labute approximate surface area is 181 Å². The van der Waals surface area contributed by atoms with Crippen LogP contribution in [-0.2, 0) is 0 Å². The smallest absolute Gasteiger partial charge is 0.0224 e. The zero-order valence-electron chi connectivity index (χ0n) is 20.5. The lowest BCUT2D eigenvalue weighted by Gasteiger charge is -2.58. The highest BCUT2D eigenvalue weighted by molar-refractivity contribution is 5.02. The van der Waals surface area contributed by atoms with Gasteiger partial charge in [0.15, 0.2) is 0 Å². The quantitative estimate of drug-likeness (QED) is 0.623. The fourth-order valence-electron chi connectivity index (χ4n) is 6.96. The van der Waals surface area contributed by atoms with Gasteiger partial charge in [-0.1, -0.05) is 20.8 Å². The summed E-state index contributed by atoms with van der Waals surface area (Å²) in [7, 11) is 0. The highest BCUT2D eigenvalue weighted by Crippen LogP contribution is 2.50. The van der Waals surface area contributed by atoms with Crippen molar-refractivity contribution in [1.29, 1.82) is 0 Å². The second-order valence-electron chi connectivity index (χ2n) is 13.2. The Morgan fingerprint density at radius 3 is 1.86 bits per heavy atom. The summed E-state index contributed by atoms with van der Waals surface area (Å²) < 4.78 is 0. The first-order valence-corrected chi connectivity index (χ1v) is 12.8. The van der Waals surface area contributed by atoms with Gasteiger partial charge in [0.1, 0.15) is 0 Å². The maximum absolute atomic E-state index is 2.88. The van der Waals surface area contributed by atoms with Crippen molar-refractivity contribution in [1.82, 2.24) is 14.7 Å². The number of nitrogens with zero attached hydrogens (tertiary/aromatic N) is 3. The molecule has 0 aromatic rings. The van der Waals surface area contributed by atoms with Crippen molar-refractivity contribution in [3.63, 3.8) is 0 Å². The summed E-state index contributed by atoms with van der Waals surface area (Å²) in [4.78, 5) is 8.50. The monoisotopic (exact) mass is 403 g/mol. The van der Waals surface area contributed by atoms with Crippen LogP contribution in [0.15, 0.2) is 0 Å². The predicted octanol–water partition coefficient (Wildman–Crippen LogP) is 5.25. The molecule has 1 saturated carbocycles. The molecular formula is C26H49N3. The van der Waals surface area contributed by atoms with Gasteiger partial charge >= 0.3 is 0 Å². The molecule has 1 spiro atoms. The summed E-state index contributed by atoms with van der Waals surface area (Å²) in [6.07, 6.45) is 11.6. The van der Waals surface area contributed by atoms with Gasteiger partial charge in [-0.3, -0.25) is 14.7 Å². The molecule has 0 radical (unpaired) electrons. The molecule has 0 aromatic heterocycles. The summed E-state index contributed by atoms with van der Waals surface area (Å²) in [6, 6.07) is 1.63. The van der Waals surface area contributed by atoms with Crippen LogP contribution in [0.3, 0.4) is 0 Å². The van der Waals surface area contributed by atoms with Crippen molar-refractivity contribution in [3.05, 3.63) is 0 Å². The molecule has 4 fully saturated rings. The van der Waals surface area contributed by atoms with E-state index < -0.39 is 0 Å². The van der Waals surface area contributed by atoms with Crippen molar-refractivity contribution < 1.29 is 0 Å². The second kappa shape index (κ2) is 8.10. The molecule has 168 valence electrons. The van der Waals surface area contributed by atoms with Gasteiger partial charge in [0, 0.05) is 43.8 Å². The van der Waals surface area contributed by atoms with E-state index in [0.29, 0.717) is 16.4 Å². The van der Waals surface area contributed by atoms with E-state index in [4.69, 9.17) is 0 Å². The minimum atomic E-state index is 0.323. The third-order valence-corrected chi connectivity index (χ3v) is 9.15. The lowest BCUT2D eigenvalue weighted by Crippen LogP contribution is -2.65. The summed E-state index contributed by atoms with van der Waals surface area (Å²) in [5, 5.41) is 0. The van der Waals surface area contributed by atoms with E-state index in [1.807, 2.05) is 0 Å². The Morgan fingerprint density at radius 1 is 0.690 bits per heavy atom. The average Bonchev–Trinajstić information content (AvgIpc) is 2.65. The maximum Gasteiger partial charge on any atom is 0.0224 e. The van der Waals surface area contributed by atoms with E-state index in [2.05, 4.69) is 56.2 Å². The third kappa shape index (κ3) is 4.88. The van der Waals surface area contributed by atoms with Crippen molar-refractivity contribution in [3.8, 4) is 0 Å². The topological polar surface area (TPSA) is 9.72 Å². The number of likely N-dealkylation sites (tertiary alicyclic amines) is 3. The highest BCUT2D eigenvalue weighted by atomic mass is 15.3. The van der Waals surface area contributed by atoms with Crippen LogP contribution >= 0.6 is 0 Å². The molecule has 0 aromatic carbocycles. The van der Waals surface area contributed by atoms with E-state index in [1.165, 1.54) is 90.6 Å². The first-order chi connectivity index (χ1) is 13.6. The maximum atomic E-state index is 2.88. The Morgan fingerprint density at radius 2 is 1.28 bits per heavy atom. The van der Waals surface area contributed by atoms with Gasteiger partial charge in [0.2, 0.25) is 0 Å². The second-order valence-corrected chi connectivity index (χ2v) is 13.2. The molecule has 1 aliphatic carbocycles. The minimum absolute atomic E-state index is 0.323. The average molecular weight is 404 g/mol. The van der Waals surface area contributed by atoms with Gasteiger partial charge in [-0.05, 0) is 102 Å². The standard InChI is InChI=1S/C26H49N3/c1-24(2,3)21-11-13-26(14-12-21)19-28(20-26)22-9-7-15-27(17-22)23-10-8-16-29(18-23)25(4,5)6/h21-23H,7-20H2,1-6H3. The molecular weight excluding hydrogens is 354 g/mol. The van der Waals surface area contributed by atoms with Crippen molar-refractivity contribution >= 4 is 0 Å². The summed E-state index contributed by atoms with van der Waals surface area (Å²) in [6.45, 7) is 22.6. The molecule has 4 rings (SSSR count). The Bertz CT molecular complexity index is 541. The van der Waals surface area contributed by atoms with Crippen molar-refractivity contribution in [2.45, 2.75) is 111 Å². The van der Waals surface area contributed by atoms with Crippen LogP contribution in [-0.4, -0.2) is 71.6 Å². The highest BCUT2D eigenvalue weighted by Gasteiger charge is 2.49. The first kappa shape index (κ1) is 22.1. The fourth-order valence-corrected chi connectivity index (χ4v) is 6.96. The van der Waals surface area contributed by atoms with Crippen LogP contribution in [0.1, 0.15) is 92.9 Å². The Kier molecular flexibility index (Phi) is 6.17. The van der Waals surface area contributed by atoms with Gasteiger partial charge in [-0.25, -0.2) is 0 Å². The van der Waals surface area contributed by atoms with Crippen LogP contribution in [0.2, 0.25) is 0 Å². The van der Waals surface area contributed by atoms with Crippen LogP contribution in [0.4, 0.5) is 0 Å². The third-order valence-electron chi connectivity index (χ3n) is 9.15. The molecule has 0 amide bonds. The lowest BCUT2D eigenvalue weighted by atomic mass is 9.61. The molecule has 3 heteroatoms. The molecule has 3 aliphatic heterocycles. The Hall–Kier alpha value is -0.120. The molecule has 2 unspecified atom stereocenters. The van der Waals surface area contributed by atoms with Gasteiger partial charge in [0.05, 0.1) is 0 Å². The van der Waals surface area contributed by atoms with Gasteiger partial charge < -0.3 is 0 Å². The number of piperidine rings is 2.